The first-order valence-corrected chi connectivity index (χ1v) is 9.80. The van der Waals surface area contributed by atoms with Gasteiger partial charge < -0.3 is 9.80 Å². The van der Waals surface area contributed by atoms with Gasteiger partial charge in [-0.05, 0) is 37.3 Å². The van der Waals surface area contributed by atoms with E-state index in [0.717, 1.165) is 26.2 Å². The van der Waals surface area contributed by atoms with Crippen LogP contribution in [-0.2, 0) is 5.41 Å². The van der Waals surface area contributed by atoms with E-state index in [4.69, 9.17) is 4.98 Å². The van der Waals surface area contributed by atoms with Crippen molar-refractivity contribution in [3.63, 3.8) is 0 Å². The molecule has 1 aliphatic heterocycles. The molecule has 25 heavy (non-hydrogen) atoms. The van der Waals surface area contributed by atoms with Gasteiger partial charge in [0.05, 0.1) is 16.9 Å². The van der Waals surface area contributed by atoms with Gasteiger partial charge in [-0.25, -0.2) is 0 Å². The van der Waals surface area contributed by atoms with E-state index in [2.05, 4.69) is 61.9 Å². The Balaban J connectivity index is 1.79. The molecule has 132 valence electrons. The summed E-state index contributed by atoms with van der Waals surface area (Å²) in [6.45, 7) is 12.0. The Labute approximate surface area is 151 Å². The molecule has 2 heterocycles. The Hall–Kier alpha value is -1.61. The number of benzene rings is 1. The molecular formula is C22H29N3. The molecule has 0 radical (unpaired) electrons. The Morgan fingerprint density at radius 2 is 1.76 bits per heavy atom. The lowest BCUT2D eigenvalue weighted by molar-refractivity contribution is 0.227. The van der Waals surface area contributed by atoms with Crippen molar-refractivity contribution in [1.29, 1.82) is 0 Å². The Morgan fingerprint density at radius 3 is 2.52 bits per heavy atom. The van der Waals surface area contributed by atoms with Crippen molar-refractivity contribution in [2.45, 2.75) is 44.9 Å². The van der Waals surface area contributed by atoms with Crippen LogP contribution in [0.2, 0.25) is 0 Å². The van der Waals surface area contributed by atoms with Crippen LogP contribution < -0.4 is 4.90 Å². The Bertz CT molecular complexity index is 848. The van der Waals surface area contributed by atoms with Crippen LogP contribution >= 0.6 is 0 Å². The van der Waals surface area contributed by atoms with Crippen molar-refractivity contribution in [1.82, 2.24) is 9.88 Å². The third-order valence-corrected chi connectivity index (χ3v) is 7.82. The van der Waals surface area contributed by atoms with Crippen LogP contribution in [0.3, 0.4) is 0 Å². The van der Waals surface area contributed by atoms with Gasteiger partial charge >= 0.3 is 0 Å². The molecule has 2 fully saturated rings. The zero-order valence-corrected chi connectivity index (χ0v) is 16.0. The maximum atomic E-state index is 5.24. The van der Waals surface area contributed by atoms with Gasteiger partial charge in [0.15, 0.2) is 0 Å². The third-order valence-electron chi connectivity index (χ3n) is 7.82. The first kappa shape index (κ1) is 15.6. The molecule has 0 amide bonds. The number of rotatable bonds is 1. The minimum Gasteiger partial charge on any atom is -0.368 e. The molecule has 2 bridgehead atoms. The highest BCUT2D eigenvalue weighted by molar-refractivity contribution is 5.95. The largest absolute Gasteiger partial charge is 0.368 e. The predicted molar refractivity (Wildman–Crippen MR) is 105 cm³/mol. The van der Waals surface area contributed by atoms with Gasteiger partial charge in [0.1, 0.15) is 0 Å². The van der Waals surface area contributed by atoms with E-state index in [1.54, 1.807) is 5.56 Å². The highest BCUT2D eigenvalue weighted by Crippen LogP contribution is 2.69. The summed E-state index contributed by atoms with van der Waals surface area (Å²) in [5.41, 5.74) is 6.21. The molecular weight excluding hydrogens is 306 g/mol. The van der Waals surface area contributed by atoms with Crippen LogP contribution in [0.15, 0.2) is 24.3 Å². The van der Waals surface area contributed by atoms with Gasteiger partial charge in [-0.2, -0.15) is 0 Å². The molecule has 1 saturated carbocycles. The quantitative estimate of drug-likeness (QED) is 0.780. The fourth-order valence-corrected chi connectivity index (χ4v) is 5.76. The van der Waals surface area contributed by atoms with Crippen LogP contribution in [-0.4, -0.2) is 43.1 Å². The second-order valence-electron chi connectivity index (χ2n) is 9.18. The minimum atomic E-state index is 0.221. The van der Waals surface area contributed by atoms with Crippen LogP contribution in [0.4, 0.5) is 5.69 Å². The summed E-state index contributed by atoms with van der Waals surface area (Å²) >= 11 is 0. The van der Waals surface area contributed by atoms with Crippen LogP contribution in [0.1, 0.15) is 50.8 Å². The molecule has 5 rings (SSSR count). The molecule has 1 aromatic carbocycles. The zero-order valence-electron chi connectivity index (χ0n) is 16.0. The van der Waals surface area contributed by atoms with Gasteiger partial charge in [-0.15, -0.1) is 0 Å². The van der Waals surface area contributed by atoms with Crippen molar-refractivity contribution < 1.29 is 0 Å². The number of hydrogen-bond donors (Lipinski definition) is 0. The Morgan fingerprint density at radius 1 is 1.04 bits per heavy atom. The number of likely N-dealkylation sites (N-methyl/N-ethyl adjacent to an activating group) is 1. The average molecular weight is 335 g/mol. The van der Waals surface area contributed by atoms with Crippen LogP contribution in [0, 0.1) is 5.41 Å². The predicted octanol–water partition coefficient (Wildman–Crippen LogP) is 4.16. The molecule has 1 saturated heterocycles. The van der Waals surface area contributed by atoms with Gasteiger partial charge in [0.25, 0.3) is 0 Å². The SMILES string of the molecule is CN1CCN(c2c3c(nc4ccccc24)[C@]2(C)CC[C@@H]3C2(C)C)CC1. The number of nitrogens with zero attached hydrogens (tertiary/aromatic N) is 3. The van der Waals surface area contributed by atoms with Gasteiger partial charge in [0.2, 0.25) is 0 Å². The van der Waals surface area contributed by atoms with E-state index in [1.807, 2.05) is 0 Å². The van der Waals surface area contributed by atoms with Crippen molar-refractivity contribution in [3.8, 4) is 0 Å². The first-order chi connectivity index (χ1) is 11.9. The number of piperazine rings is 1. The third kappa shape index (κ3) is 1.88. The summed E-state index contributed by atoms with van der Waals surface area (Å²) in [5.74, 6) is 0.652. The summed E-state index contributed by atoms with van der Waals surface area (Å²) in [5, 5.41) is 1.36. The van der Waals surface area contributed by atoms with Gasteiger partial charge in [-0.3, -0.25) is 4.98 Å². The molecule has 0 spiro atoms. The summed E-state index contributed by atoms with van der Waals surface area (Å²) in [7, 11) is 2.23. The molecule has 3 aliphatic rings. The number of anilines is 1. The number of aromatic nitrogens is 1. The van der Waals surface area contributed by atoms with Crippen LogP contribution in [0.25, 0.3) is 10.9 Å². The molecule has 3 nitrogen and oxygen atoms in total. The van der Waals surface area contributed by atoms with Crippen molar-refractivity contribution in [2.75, 3.05) is 38.1 Å². The summed E-state index contributed by atoms with van der Waals surface area (Å²) in [6, 6.07) is 8.81. The van der Waals surface area contributed by atoms with E-state index in [1.165, 1.54) is 35.1 Å². The number of hydrogen-bond acceptors (Lipinski definition) is 3. The van der Waals surface area contributed by atoms with Crippen molar-refractivity contribution in [3.05, 3.63) is 35.5 Å². The summed E-state index contributed by atoms with van der Waals surface area (Å²) in [4.78, 5) is 10.3. The first-order valence-electron chi connectivity index (χ1n) is 9.80. The number of pyridine rings is 1. The molecule has 0 unspecified atom stereocenters. The summed E-state index contributed by atoms with van der Waals surface area (Å²) < 4.78 is 0. The molecule has 2 aromatic rings. The summed E-state index contributed by atoms with van der Waals surface area (Å²) in [6.07, 6.45) is 2.60. The fourth-order valence-electron chi connectivity index (χ4n) is 5.76. The van der Waals surface area contributed by atoms with Crippen LogP contribution in [0.5, 0.6) is 0 Å². The zero-order chi connectivity index (χ0) is 17.4. The van der Waals surface area contributed by atoms with E-state index in [0.29, 0.717) is 11.3 Å². The van der Waals surface area contributed by atoms with E-state index < -0.39 is 0 Å². The second-order valence-corrected chi connectivity index (χ2v) is 9.18. The van der Waals surface area contributed by atoms with E-state index >= 15 is 0 Å². The Kier molecular flexibility index (Phi) is 3.11. The van der Waals surface area contributed by atoms with Crippen molar-refractivity contribution >= 4 is 16.6 Å². The monoisotopic (exact) mass is 335 g/mol. The van der Waals surface area contributed by atoms with E-state index in [9.17, 15) is 0 Å². The van der Waals surface area contributed by atoms with Crippen molar-refractivity contribution in [2.24, 2.45) is 5.41 Å². The lowest BCUT2D eigenvalue weighted by Crippen LogP contribution is -2.45. The highest BCUT2D eigenvalue weighted by atomic mass is 15.3. The molecule has 2 aliphatic carbocycles. The standard InChI is InChI=1S/C22H29N3/c1-21(2)16-9-10-22(21,3)20-18(16)19(25-13-11-24(4)12-14-25)15-7-5-6-8-17(15)23-20/h5-8,16H,9-14H2,1-4H3/t16-,22-/m0/s1. The lowest BCUT2D eigenvalue weighted by atomic mass is 9.70. The number of fused-ring (bicyclic) bond motifs is 6. The van der Waals surface area contributed by atoms with Gasteiger partial charge in [-0.1, -0.05) is 39.0 Å². The lowest BCUT2D eigenvalue weighted by Gasteiger charge is -2.37. The maximum absolute atomic E-state index is 5.24. The highest BCUT2D eigenvalue weighted by Gasteiger charge is 2.61. The molecule has 3 heteroatoms. The second kappa shape index (κ2) is 4.97. The molecule has 2 atom stereocenters. The minimum absolute atomic E-state index is 0.221. The smallest absolute Gasteiger partial charge is 0.0726 e. The van der Waals surface area contributed by atoms with Gasteiger partial charge in [0, 0.05) is 42.5 Å². The maximum Gasteiger partial charge on any atom is 0.0726 e. The number of para-hydroxylation sites is 1. The molecule has 0 N–H and O–H groups in total. The average Bonchev–Trinajstić information content (AvgIpc) is 2.93. The fraction of sp³-hybridized carbons (Fsp3) is 0.591. The molecule has 1 aromatic heterocycles. The topological polar surface area (TPSA) is 19.4 Å². The normalized spacial score (nSPS) is 30.9. The van der Waals surface area contributed by atoms with E-state index in [-0.39, 0.29) is 5.41 Å².